The number of hydrogen-bond donors (Lipinski definition) is 3. The van der Waals surface area contributed by atoms with Gasteiger partial charge in [-0.15, -0.1) is 10.2 Å². The fourth-order valence-corrected chi connectivity index (χ4v) is 2.64. The molecule has 8 heteroatoms. The highest BCUT2D eigenvalue weighted by Gasteiger charge is 2.22. The van der Waals surface area contributed by atoms with E-state index in [9.17, 15) is 9.59 Å². The minimum Gasteiger partial charge on any atom is -0.354 e. The first-order chi connectivity index (χ1) is 11.2. The van der Waals surface area contributed by atoms with Crippen molar-refractivity contribution in [3.63, 3.8) is 0 Å². The molecular weight excluding hydrogens is 296 g/mol. The molecule has 1 atom stereocenters. The van der Waals surface area contributed by atoms with Crippen molar-refractivity contribution in [2.24, 2.45) is 0 Å². The van der Waals surface area contributed by atoms with Crippen molar-refractivity contribution in [1.82, 2.24) is 30.5 Å². The lowest BCUT2D eigenvalue weighted by Gasteiger charge is -2.15. The molecule has 1 saturated heterocycles. The van der Waals surface area contributed by atoms with Gasteiger partial charge in [-0.05, 0) is 31.4 Å². The lowest BCUT2D eigenvalue weighted by atomic mass is 10.1. The van der Waals surface area contributed by atoms with Crippen LogP contribution in [0, 0.1) is 0 Å². The van der Waals surface area contributed by atoms with Gasteiger partial charge >= 0.3 is 6.03 Å². The molecule has 3 rings (SSSR count). The molecule has 23 heavy (non-hydrogen) atoms. The Bertz CT molecular complexity index is 698. The molecule has 3 heterocycles. The van der Waals surface area contributed by atoms with E-state index in [0.29, 0.717) is 25.9 Å². The number of urea groups is 1. The highest BCUT2D eigenvalue weighted by molar-refractivity contribution is 5.87. The van der Waals surface area contributed by atoms with Crippen LogP contribution >= 0.6 is 0 Å². The number of carbonyl (C=O) groups excluding carboxylic acids is 2. The van der Waals surface area contributed by atoms with Crippen LogP contribution < -0.4 is 16.0 Å². The number of fused-ring (bicyclic) bond motifs is 1. The number of hydrogen-bond acceptors (Lipinski definition) is 4. The predicted octanol–water partition coefficient (Wildman–Crippen LogP) is 0.240. The van der Waals surface area contributed by atoms with Gasteiger partial charge in [-0.25, -0.2) is 4.79 Å². The van der Waals surface area contributed by atoms with E-state index in [2.05, 4.69) is 26.1 Å². The summed E-state index contributed by atoms with van der Waals surface area (Å²) in [6.07, 6.45) is 5.01. The predicted molar refractivity (Wildman–Crippen MR) is 83.9 cm³/mol. The van der Waals surface area contributed by atoms with Gasteiger partial charge in [-0.2, -0.15) is 0 Å². The van der Waals surface area contributed by atoms with Crippen LogP contribution in [0.25, 0.3) is 5.65 Å². The number of aromatic nitrogens is 3. The number of carbonyl (C=O) groups is 2. The second-order valence-corrected chi connectivity index (χ2v) is 5.53. The smallest absolute Gasteiger partial charge is 0.315 e. The SMILES string of the molecule is O=C(NCCc1nnc2ccccn12)NC1CCCCNC1=O. The number of amides is 3. The van der Waals surface area contributed by atoms with E-state index < -0.39 is 6.04 Å². The summed E-state index contributed by atoms with van der Waals surface area (Å²) in [6, 6.07) is 4.90. The molecule has 0 aromatic carbocycles. The molecule has 8 nitrogen and oxygen atoms in total. The molecule has 3 amide bonds. The molecular formula is C15H20N6O2. The van der Waals surface area contributed by atoms with E-state index >= 15 is 0 Å². The second kappa shape index (κ2) is 7.08. The van der Waals surface area contributed by atoms with Crippen molar-refractivity contribution in [3.05, 3.63) is 30.2 Å². The molecule has 3 N–H and O–H groups in total. The fourth-order valence-electron chi connectivity index (χ4n) is 2.64. The maximum Gasteiger partial charge on any atom is 0.315 e. The molecule has 0 saturated carbocycles. The van der Waals surface area contributed by atoms with E-state index in [4.69, 9.17) is 0 Å². The Kier molecular flexibility index (Phi) is 4.70. The zero-order valence-corrected chi connectivity index (χ0v) is 12.8. The molecule has 0 aliphatic carbocycles. The van der Waals surface area contributed by atoms with Gasteiger partial charge < -0.3 is 16.0 Å². The first kappa shape index (κ1) is 15.3. The molecule has 0 radical (unpaired) electrons. The molecule has 122 valence electrons. The first-order valence-electron chi connectivity index (χ1n) is 7.85. The largest absolute Gasteiger partial charge is 0.354 e. The minimum atomic E-state index is -0.452. The molecule has 1 fully saturated rings. The lowest BCUT2D eigenvalue weighted by molar-refractivity contribution is -0.122. The van der Waals surface area contributed by atoms with E-state index in [-0.39, 0.29) is 11.9 Å². The number of nitrogens with zero attached hydrogens (tertiary/aromatic N) is 3. The van der Waals surface area contributed by atoms with Gasteiger partial charge in [0.15, 0.2) is 5.65 Å². The van der Waals surface area contributed by atoms with Crippen LogP contribution in [0.1, 0.15) is 25.1 Å². The first-order valence-corrected chi connectivity index (χ1v) is 7.85. The van der Waals surface area contributed by atoms with Gasteiger partial charge in [0.05, 0.1) is 0 Å². The summed E-state index contributed by atoms with van der Waals surface area (Å²) in [5.74, 6) is 0.675. The summed E-state index contributed by atoms with van der Waals surface area (Å²) in [5, 5.41) is 16.5. The average molecular weight is 316 g/mol. The summed E-state index contributed by atoms with van der Waals surface area (Å²) >= 11 is 0. The van der Waals surface area contributed by atoms with E-state index in [0.717, 1.165) is 24.3 Å². The fraction of sp³-hybridized carbons (Fsp3) is 0.467. The van der Waals surface area contributed by atoms with Gasteiger partial charge in [-0.3, -0.25) is 9.20 Å². The third-order valence-electron chi connectivity index (χ3n) is 3.86. The molecule has 0 spiro atoms. The van der Waals surface area contributed by atoms with Gasteiger partial charge in [0.25, 0.3) is 0 Å². The Hall–Kier alpha value is -2.64. The Morgan fingerprint density at radius 3 is 3.17 bits per heavy atom. The second-order valence-electron chi connectivity index (χ2n) is 5.53. The molecule has 1 unspecified atom stereocenters. The van der Waals surface area contributed by atoms with Crippen molar-refractivity contribution in [2.75, 3.05) is 13.1 Å². The summed E-state index contributed by atoms with van der Waals surface area (Å²) in [5.41, 5.74) is 0.780. The van der Waals surface area contributed by atoms with Gasteiger partial charge in [0.2, 0.25) is 5.91 Å². The zero-order valence-electron chi connectivity index (χ0n) is 12.8. The maximum absolute atomic E-state index is 11.9. The quantitative estimate of drug-likeness (QED) is 0.752. The van der Waals surface area contributed by atoms with Crippen LogP contribution in [0.4, 0.5) is 4.79 Å². The van der Waals surface area contributed by atoms with Gasteiger partial charge in [0, 0.05) is 25.7 Å². The van der Waals surface area contributed by atoms with E-state index in [1.165, 1.54) is 0 Å². The van der Waals surface area contributed by atoms with Crippen LogP contribution in [-0.4, -0.2) is 45.7 Å². The maximum atomic E-state index is 11.9. The summed E-state index contributed by atoms with van der Waals surface area (Å²) in [6.45, 7) is 1.11. The van der Waals surface area contributed by atoms with Crippen LogP contribution in [0.5, 0.6) is 0 Å². The van der Waals surface area contributed by atoms with Crippen LogP contribution in [0.2, 0.25) is 0 Å². The summed E-state index contributed by atoms with van der Waals surface area (Å²) < 4.78 is 1.89. The van der Waals surface area contributed by atoms with Crippen LogP contribution in [-0.2, 0) is 11.2 Å². The molecule has 1 aliphatic heterocycles. The molecule has 2 aromatic heterocycles. The lowest BCUT2D eigenvalue weighted by Crippen LogP contribution is -2.49. The zero-order chi connectivity index (χ0) is 16.1. The standard InChI is InChI=1S/C15H20N6O2/c22-14-11(5-1-3-8-16-14)18-15(23)17-9-7-13-20-19-12-6-2-4-10-21(12)13/h2,4,6,10-11H,1,3,5,7-9H2,(H,16,22)(H2,17,18,23). The number of rotatable bonds is 4. The highest BCUT2D eigenvalue weighted by atomic mass is 16.2. The minimum absolute atomic E-state index is 0.110. The molecule has 1 aliphatic rings. The normalized spacial score (nSPS) is 18.3. The summed E-state index contributed by atoms with van der Waals surface area (Å²) in [4.78, 5) is 23.7. The third kappa shape index (κ3) is 3.77. The van der Waals surface area contributed by atoms with E-state index in [1.807, 2.05) is 28.8 Å². The van der Waals surface area contributed by atoms with Crippen LogP contribution in [0.15, 0.2) is 24.4 Å². The van der Waals surface area contributed by atoms with Crippen molar-refractivity contribution in [1.29, 1.82) is 0 Å². The number of nitrogens with one attached hydrogen (secondary N) is 3. The van der Waals surface area contributed by atoms with Crippen molar-refractivity contribution >= 4 is 17.6 Å². The van der Waals surface area contributed by atoms with Crippen LogP contribution in [0.3, 0.4) is 0 Å². The van der Waals surface area contributed by atoms with Crippen molar-refractivity contribution < 1.29 is 9.59 Å². The monoisotopic (exact) mass is 316 g/mol. The average Bonchev–Trinajstić information content (AvgIpc) is 2.86. The number of pyridine rings is 1. The highest BCUT2D eigenvalue weighted by Crippen LogP contribution is 2.05. The van der Waals surface area contributed by atoms with Crippen molar-refractivity contribution in [2.45, 2.75) is 31.7 Å². The van der Waals surface area contributed by atoms with Gasteiger partial charge in [-0.1, -0.05) is 6.07 Å². The molecule has 0 bridgehead atoms. The third-order valence-corrected chi connectivity index (χ3v) is 3.86. The Morgan fingerprint density at radius 2 is 2.26 bits per heavy atom. The Morgan fingerprint density at radius 1 is 1.35 bits per heavy atom. The van der Waals surface area contributed by atoms with Crippen molar-refractivity contribution in [3.8, 4) is 0 Å². The molecule has 2 aromatic rings. The van der Waals surface area contributed by atoms with Gasteiger partial charge in [0.1, 0.15) is 11.9 Å². The summed E-state index contributed by atoms with van der Waals surface area (Å²) in [7, 11) is 0. The van der Waals surface area contributed by atoms with E-state index in [1.54, 1.807) is 0 Å². The Labute approximate surface area is 133 Å². The Balaban J connectivity index is 1.48. The topological polar surface area (TPSA) is 100 Å².